The molecule has 30 heavy (non-hydrogen) atoms. The van der Waals surface area contributed by atoms with Crippen molar-refractivity contribution in [2.45, 2.75) is 18.9 Å². The SMILES string of the molecule is OC[C@H]1CN(Cc2c(-c3ccccc3)[nH]c3ccccc23)CC[C@@H]1c1ccccc1. The number of fused-ring (bicyclic) bond motifs is 1. The van der Waals surface area contributed by atoms with Gasteiger partial charge in [-0.25, -0.2) is 0 Å². The number of rotatable bonds is 5. The van der Waals surface area contributed by atoms with E-state index >= 15 is 0 Å². The first-order valence-electron chi connectivity index (χ1n) is 10.9. The first-order valence-corrected chi connectivity index (χ1v) is 10.9. The lowest BCUT2D eigenvalue weighted by atomic mass is 9.81. The van der Waals surface area contributed by atoms with Crippen LogP contribution in [0.2, 0.25) is 0 Å². The number of aliphatic hydroxyl groups excluding tert-OH is 1. The summed E-state index contributed by atoms with van der Waals surface area (Å²) in [5, 5.41) is 11.4. The summed E-state index contributed by atoms with van der Waals surface area (Å²) < 4.78 is 0. The van der Waals surface area contributed by atoms with Crippen LogP contribution in [0.1, 0.15) is 23.5 Å². The van der Waals surface area contributed by atoms with Crippen LogP contribution < -0.4 is 0 Å². The Labute approximate surface area is 178 Å². The Morgan fingerprint density at radius 2 is 1.57 bits per heavy atom. The second kappa shape index (κ2) is 8.47. The number of para-hydroxylation sites is 1. The van der Waals surface area contributed by atoms with E-state index in [9.17, 15) is 5.11 Å². The fourth-order valence-electron chi connectivity index (χ4n) is 5.01. The largest absolute Gasteiger partial charge is 0.396 e. The summed E-state index contributed by atoms with van der Waals surface area (Å²) in [5.74, 6) is 0.704. The van der Waals surface area contributed by atoms with Gasteiger partial charge in [0.05, 0.1) is 5.69 Å². The monoisotopic (exact) mass is 396 g/mol. The number of hydrogen-bond acceptors (Lipinski definition) is 2. The molecule has 0 spiro atoms. The highest BCUT2D eigenvalue weighted by atomic mass is 16.3. The van der Waals surface area contributed by atoms with E-state index in [1.165, 1.54) is 33.3 Å². The maximum atomic E-state index is 10.1. The van der Waals surface area contributed by atoms with Crippen molar-refractivity contribution in [3.63, 3.8) is 0 Å². The van der Waals surface area contributed by atoms with Gasteiger partial charge in [0, 0.05) is 36.5 Å². The molecular formula is C27H28N2O. The Hall–Kier alpha value is -2.88. The summed E-state index contributed by atoms with van der Waals surface area (Å²) in [4.78, 5) is 6.17. The zero-order chi connectivity index (χ0) is 20.3. The second-order valence-corrected chi connectivity index (χ2v) is 8.37. The van der Waals surface area contributed by atoms with Crippen LogP contribution in [0, 0.1) is 5.92 Å². The Balaban J connectivity index is 1.44. The summed E-state index contributed by atoms with van der Waals surface area (Å²) in [6.45, 7) is 3.09. The molecular weight excluding hydrogens is 368 g/mol. The van der Waals surface area contributed by atoms with Gasteiger partial charge in [-0.15, -0.1) is 0 Å². The molecule has 3 heteroatoms. The van der Waals surface area contributed by atoms with Gasteiger partial charge >= 0.3 is 0 Å². The van der Waals surface area contributed by atoms with Crippen LogP contribution in [0.25, 0.3) is 22.2 Å². The van der Waals surface area contributed by atoms with E-state index in [4.69, 9.17) is 0 Å². The van der Waals surface area contributed by atoms with Gasteiger partial charge < -0.3 is 10.1 Å². The minimum atomic E-state index is 0.232. The molecule has 152 valence electrons. The quantitative estimate of drug-likeness (QED) is 0.472. The zero-order valence-electron chi connectivity index (χ0n) is 17.2. The first-order chi connectivity index (χ1) is 14.8. The van der Waals surface area contributed by atoms with Gasteiger partial charge in [-0.1, -0.05) is 78.9 Å². The van der Waals surface area contributed by atoms with E-state index in [2.05, 4.69) is 94.8 Å². The maximum absolute atomic E-state index is 10.1. The molecule has 5 rings (SSSR count). The van der Waals surface area contributed by atoms with Crippen LogP contribution in [0.5, 0.6) is 0 Å². The number of aliphatic hydroxyl groups is 1. The van der Waals surface area contributed by atoms with Crippen molar-refractivity contribution in [2.75, 3.05) is 19.7 Å². The second-order valence-electron chi connectivity index (χ2n) is 8.37. The molecule has 2 atom stereocenters. The first kappa shape index (κ1) is 19.1. The molecule has 1 aliphatic heterocycles. The van der Waals surface area contributed by atoms with Gasteiger partial charge in [0.15, 0.2) is 0 Å². The van der Waals surface area contributed by atoms with E-state index in [0.717, 1.165) is 26.1 Å². The van der Waals surface area contributed by atoms with Gasteiger partial charge in [-0.3, -0.25) is 4.90 Å². The highest BCUT2D eigenvalue weighted by Gasteiger charge is 2.30. The molecule has 0 saturated carbocycles. The molecule has 2 N–H and O–H groups in total. The lowest BCUT2D eigenvalue weighted by Crippen LogP contribution is -2.40. The smallest absolute Gasteiger partial charge is 0.0510 e. The minimum absolute atomic E-state index is 0.232. The van der Waals surface area contributed by atoms with E-state index in [-0.39, 0.29) is 12.5 Å². The number of nitrogens with one attached hydrogen (secondary N) is 1. The third kappa shape index (κ3) is 3.67. The van der Waals surface area contributed by atoms with Crippen LogP contribution >= 0.6 is 0 Å². The van der Waals surface area contributed by atoms with Crippen molar-refractivity contribution in [3.8, 4) is 11.3 Å². The zero-order valence-corrected chi connectivity index (χ0v) is 17.2. The maximum Gasteiger partial charge on any atom is 0.0510 e. The van der Waals surface area contributed by atoms with Crippen LogP contribution in [-0.2, 0) is 6.54 Å². The Kier molecular flexibility index (Phi) is 5.39. The average Bonchev–Trinajstić information content (AvgIpc) is 3.18. The van der Waals surface area contributed by atoms with E-state index in [1.807, 2.05) is 0 Å². The normalized spacial score (nSPS) is 19.9. The molecule has 0 radical (unpaired) electrons. The highest BCUT2D eigenvalue weighted by Crippen LogP contribution is 2.36. The van der Waals surface area contributed by atoms with E-state index in [0.29, 0.717) is 5.92 Å². The van der Waals surface area contributed by atoms with Crippen molar-refractivity contribution < 1.29 is 5.11 Å². The minimum Gasteiger partial charge on any atom is -0.396 e. The van der Waals surface area contributed by atoms with Crippen LogP contribution in [-0.4, -0.2) is 34.7 Å². The number of nitrogens with zero attached hydrogens (tertiary/aromatic N) is 1. The molecule has 1 saturated heterocycles. The fraction of sp³-hybridized carbons (Fsp3) is 0.259. The number of hydrogen-bond donors (Lipinski definition) is 2. The Morgan fingerprint density at radius 3 is 2.33 bits per heavy atom. The van der Waals surface area contributed by atoms with Crippen molar-refractivity contribution in [1.29, 1.82) is 0 Å². The molecule has 3 nitrogen and oxygen atoms in total. The molecule has 4 aromatic rings. The Bertz CT molecular complexity index is 1100. The van der Waals surface area contributed by atoms with Gasteiger partial charge in [-0.05, 0) is 41.6 Å². The molecule has 3 aromatic carbocycles. The number of benzene rings is 3. The molecule has 0 aliphatic carbocycles. The van der Waals surface area contributed by atoms with Crippen LogP contribution in [0.3, 0.4) is 0 Å². The van der Waals surface area contributed by atoms with E-state index < -0.39 is 0 Å². The third-order valence-corrected chi connectivity index (χ3v) is 6.54. The summed E-state index contributed by atoms with van der Waals surface area (Å²) in [6.07, 6.45) is 1.08. The highest BCUT2D eigenvalue weighted by molar-refractivity contribution is 5.90. The summed E-state index contributed by atoms with van der Waals surface area (Å²) in [5.41, 5.74) is 6.33. The van der Waals surface area contributed by atoms with Gasteiger partial charge in [-0.2, -0.15) is 0 Å². The lowest BCUT2D eigenvalue weighted by Gasteiger charge is -2.38. The van der Waals surface area contributed by atoms with Crippen molar-refractivity contribution in [1.82, 2.24) is 9.88 Å². The molecule has 1 aromatic heterocycles. The molecule has 0 bridgehead atoms. The lowest BCUT2D eigenvalue weighted by molar-refractivity contribution is 0.0976. The average molecular weight is 397 g/mol. The van der Waals surface area contributed by atoms with Crippen LogP contribution in [0.4, 0.5) is 0 Å². The summed E-state index contributed by atoms with van der Waals surface area (Å²) in [6, 6.07) is 29.9. The standard InChI is InChI=1S/C27H28N2O/c30-19-22-17-29(16-15-23(22)20-9-3-1-4-10-20)18-25-24-13-7-8-14-26(24)28-27(25)21-11-5-2-6-12-21/h1-14,22-23,28,30H,15-19H2/t22-,23-/m1/s1. The topological polar surface area (TPSA) is 39.3 Å². The molecule has 0 amide bonds. The Morgan fingerprint density at radius 1 is 0.867 bits per heavy atom. The third-order valence-electron chi connectivity index (χ3n) is 6.54. The van der Waals surface area contributed by atoms with Gasteiger partial charge in [0.2, 0.25) is 0 Å². The van der Waals surface area contributed by atoms with E-state index in [1.54, 1.807) is 0 Å². The number of aromatic amines is 1. The predicted molar refractivity (Wildman–Crippen MR) is 123 cm³/mol. The summed E-state index contributed by atoms with van der Waals surface area (Å²) >= 11 is 0. The van der Waals surface area contributed by atoms with Crippen molar-refractivity contribution in [3.05, 3.63) is 96.1 Å². The molecule has 2 heterocycles. The number of likely N-dealkylation sites (tertiary alicyclic amines) is 1. The molecule has 0 unspecified atom stereocenters. The summed E-state index contributed by atoms with van der Waals surface area (Å²) in [7, 11) is 0. The van der Waals surface area contributed by atoms with Crippen LogP contribution in [0.15, 0.2) is 84.9 Å². The van der Waals surface area contributed by atoms with Gasteiger partial charge in [0.1, 0.15) is 0 Å². The number of aromatic nitrogens is 1. The molecule has 1 aliphatic rings. The molecule has 1 fully saturated rings. The number of piperidine rings is 1. The number of H-pyrrole nitrogens is 1. The van der Waals surface area contributed by atoms with Crippen molar-refractivity contribution >= 4 is 10.9 Å². The van der Waals surface area contributed by atoms with Crippen molar-refractivity contribution in [2.24, 2.45) is 5.92 Å². The fourth-order valence-corrected chi connectivity index (χ4v) is 5.01. The van der Waals surface area contributed by atoms with Gasteiger partial charge in [0.25, 0.3) is 0 Å². The predicted octanol–water partition coefficient (Wildman–Crippen LogP) is 5.43.